The summed E-state index contributed by atoms with van der Waals surface area (Å²) in [4.78, 5) is 0.704. The fourth-order valence-corrected chi connectivity index (χ4v) is 3.75. The van der Waals surface area contributed by atoms with E-state index in [9.17, 15) is 8.42 Å². The molecule has 0 spiro atoms. The van der Waals surface area contributed by atoms with Gasteiger partial charge in [-0.25, -0.2) is 8.42 Å². The highest BCUT2D eigenvalue weighted by molar-refractivity contribution is 7.95. The van der Waals surface area contributed by atoms with Crippen molar-refractivity contribution in [2.75, 3.05) is 13.7 Å². The number of benzene rings is 1. The molecule has 1 atom stereocenters. The molecule has 0 amide bonds. The maximum atomic E-state index is 12.3. The van der Waals surface area contributed by atoms with Gasteiger partial charge >= 0.3 is 0 Å². The molecule has 0 aliphatic carbocycles. The lowest BCUT2D eigenvalue weighted by molar-refractivity contribution is 0.413. The Hall–Kier alpha value is -1.33. The Morgan fingerprint density at radius 2 is 2.12 bits per heavy atom. The van der Waals surface area contributed by atoms with Gasteiger partial charge in [-0.1, -0.05) is 6.92 Å². The van der Waals surface area contributed by atoms with E-state index in [1.54, 1.807) is 24.3 Å². The number of nitrogens with two attached hydrogens (primary N) is 1. The second-order valence-electron chi connectivity index (χ2n) is 4.09. The van der Waals surface area contributed by atoms with Crippen LogP contribution in [0.1, 0.15) is 12.5 Å². The molecule has 1 unspecified atom stereocenters. The van der Waals surface area contributed by atoms with Crippen LogP contribution in [0.15, 0.2) is 28.0 Å². The van der Waals surface area contributed by atoms with Crippen molar-refractivity contribution in [1.82, 2.24) is 0 Å². The smallest absolute Gasteiger partial charge is 0.203 e. The molecule has 1 aliphatic rings. The highest BCUT2D eigenvalue weighted by atomic mass is 32.2. The highest BCUT2D eigenvalue weighted by Gasteiger charge is 2.32. The maximum absolute atomic E-state index is 12.3. The van der Waals surface area contributed by atoms with Gasteiger partial charge in [-0.3, -0.25) is 0 Å². The van der Waals surface area contributed by atoms with Crippen LogP contribution in [0.4, 0.5) is 0 Å². The predicted octanol–water partition coefficient (Wildman–Crippen LogP) is 1.42. The lowest BCUT2D eigenvalue weighted by atomic mass is 10.1. The zero-order chi connectivity index (χ0) is 12.6. The highest BCUT2D eigenvalue weighted by Crippen LogP contribution is 2.38. The zero-order valence-electron chi connectivity index (χ0n) is 9.80. The second-order valence-corrected chi connectivity index (χ2v) is 6.01. The van der Waals surface area contributed by atoms with E-state index < -0.39 is 9.84 Å². The van der Waals surface area contributed by atoms with Crippen LogP contribution >= 0.6 is 0 Å². The first kappa shape index (κ1) is 12.1. The number of hydrogen-bond acceptors (Lipinski definition) is 4. The largest absolute Gasteiger partial charge is 0.497 e. The monoisotopic (exact) mass is 253 g/mol. The van der Waals surface area contributed by atoms with E-state index in [4.69, 9.17) is 10.5 Å². The fourth-order valence-electron chi connectivity index (χ4n) is 1.87. The van der Waals surface area contributed by atoms with Gasteiger partial charge in [-0.15, -0.1) is 0 Å². The van der Waals surface area contributed by atoms with Crippen LogP contribution in [0.2, 0.25) is 0 Å². The average Bonchev–Trinajstić information content (AvgIpc) is 2.60. The van der Waals surface area contributed by atoms with Crippen molar-refractivity contribution in [2.45, 2.75) is 11.8 Å². The molecular weight excluding hydrogens is 238 g/mol. The van der Waals surface area contributed by atoms with E-state index in [1.165, 1.54) is 7.11 Å². The molecule has 92 valence electrons. The Morgan fingerprint density at radius 3 is 2.71 bits per heavy atom. The summed E-state index contributed by atoms with van der Waals surface area (Å²) in [5.74, 6) is 0.376. The molecule has 1 aliphatic heterocycles. The summed E-state index contributed by atoms with van der Waals surface area (Å²) in [6.45, 7) is 2.13. The molecular formula is C12H15NO3S. The van der Waals surface area contributed by atoms with Gasteiger partial charge in [-0.2, -0.15) is 0 Å². The summed E-state index contributed by atoms with van der Waals surface area (Å²) in [6, 6.07) is 5.06. The Bertz CT molecular complexity index is 575. The van der Waals surface area contributed by atoms with Gasteiger partial charge in [-0.05, 0) is 36.4 Å². The minimum Gasteiger partial charge on any atom is -0.497 e. The maximum Gasteiger partial charge on any atom is 0.203 e. The van der Waals surface area contributed by atoms with Crippen LogP contribution in [0.25, 0.3) is 6.08 Å². The van der Waals surface area contributed by atoms with Crippen molar-refractivity contribution in [1.29, 1.82) is 0 Å². The molecule has 4 nitrogen and oxygen atoms in total. The third-order valence-electron chi connectivity index (χ3n) is 2.96. The zero-order valence-corrected chi connectivity index (χ0v) is 10.6. The standard InChI is InChI=1S/C12H15NO3S/c1-8(7-13)11-5-9-3-4-10(16-2)6-12(9)17(11,14)15/h3-6,8H,7,13H2,1-2H3. The number of fused-ring (bicyclic) bond motifs is 1. The molecule has 1 heterocycles. The topological polar surface area (TPSA) is 69.4 Å². The van der Waals surface area contributed by atoms with Crippen molar-refractivity contribution >= 4 is 15.9 Å². The predicted molar refractivity (Wildman–Crippen MR) is 66.4 cm³/mol. The van der Waals surface area contributed by atoms with Gasteiger partial charge in [0.25, 0.3) is 0 Å². The van der Waals surface area contributed by atoms with Gasteiger partial charge in [0.15, 0.2) is 0 Å². The molecule has 0 saturated carbocycles. The van der Waals surface area contributed by atoms with Gasteiger partial charge in [0, 0.05) is 5.92 Å². The average molecular weight is 253 g/mol. The molecule has 0 bridgehead atoms. The number of ether oxygens (including phenoxy) is 1. The number of hydrogen-bond donors (Lipinski definition) is 1. The molecule has 2 rings (SSSR count). The minimum atomic E-state index is -3.39. The van der Waals surface area contributed by atoms with E-state index >= 15 is 0 Å². The normalized spacial score (nSPS) is 18.4. The summed E-state index contributed by atoms with van der Waals surface area (Å²) in [5, 5.41) is 0. The lowest BCUT2D eigenvalue weighted by Gasteiger charge is -2.10. The van der Waals surface area contributed by atoms with Crippen LogP contribution in [0.3, 0.4) is 0 Å². The second kappa shape index (κ2) is 4.16. The van der Waals surface area contributed by atoms with Crippen molar-refractivity contribution in [3.8, 4) is 5.75 Å². The number of methoxy groups -OCH3 is 1. The fraction of sp³-hybridized carbons (Fsp3) is 0.333. The summed E-state index contributed by atoms with van der Waals surface area (Å²) >= 11 is 0. The Labute approximate surface area is 101 Å². The van der Waals surface area contributed by atoms with Gasteiger partial charge < -0.3 is 10.5 Å². The van der Waals surface area contributed by atoms with E-state index in [1.807, 2.05) is 6.92 Å². The number of rotatable bonds is 3. The first-order chi connectivity index (χ1) is 8.00. The lowest BCUT2D eigenvalue weighted by Crippen LogP contribution is -2.17. The van der Waals surface area contributed by atoms with Gasteiger partial charge in [0.1, 0.15) is 5.75 Å². The molecule has 1 aromatic rings. The Morgan fingerprint density at radius 1 is 1.41 bits per heavy atom. The van der Waals surface area contributed by atoms with Gasteiger partial charge in [0.2, 0.25) is 9.84 Å². The molecule has 2 N–H and O–H groups in total. The minimum absolute atomic E-state index is 0.168. The van der Waals surface area contributed by atoms with Crippen molar-refractivity contribution in [2.24, 2.45) is 11.7 Å². The van der Waals surface area contributed by atoms with Crippen molar-refractivity contribution in [3.63, 3.8) is 0 Å². The molecule has 0 fully saturated rings. The van der Waals surface area contributed by atoms with Crippen molar-refractivity contribution in [3.05, 3.63) is 28.7 Å². The third kappa shape index (κ3) is 1.85. The summed E-state index contributed by atoms with van der Waals surface area (Å²) in [6.07, 6.45) is 1.70. The SMILES string of the molecule is COc1ccc2c(c1)S(=O)(=O)C(C(C)CN)=C2. The molecule has 0 saturated heterocycles. The van der Waals surface area contributed by atoms with Crippen LogP contribution < -0.4 is 10.5 Å². The summed E-state index contributed by atoms with van der Waals surface area (Å²) in [5.41, 5.74) is 6.24. The van der Waals surface area contributed by atoms with E-state index in [0.29, 0.717) is 27.7 Å². The van der Waals surface area contributed by atoms with Gasteiger partial charge in [0.05, 0.1) is 16.9 Å². The van der Waals surface area contributed by atoms with E-state index in [2.05, 4.69) is 0 Å². The van der Waals surface area contributed by atoms with E-state index in [-0.39, 0.29) is 5.92 Å². The van der Waals surface area contributed by atoms with Crippen LogP contribution in [0, 0.1) is 5.92 Å². The number of sulfone groups is 1. The molecule has 17 heavy (non-hydrogen) atoms. The quantitative estimate of drug-likeness (QED) is 0.884. The molecule has 5 heteroatoms. The molecule has 0 aromatic heterocycles. The van der Waals surface area contributed by atoms with Crippen LogP contribution in [-0.2, 0) is 9.84 Å². The third-order valence-corrected chi connectivity index (χ3v) is 5.03. The summed E-state index contributed by atoms with van der Waals surface area (Å²) in [7, 11) is -1.88. The Kier molecular flexibility index (Phi) is 2.97. The molecule has 1 aromatic carbocycles. The molecule has 0 radical (unpaired) electrons. The van der Waals surface area contributed by atoms with E-state index in [0.717, 1.165) is 0 Å². The van der Waals surface area contributed by atoms with Crippen LogP contribution in [0.5, 0.6) is 5.75 Å². The Balaban J connectivity index is 2.56. The first-order valence-corrected chi connectivity index (χ1v) is 6.84. The van der Waals surface area contributed by atoms with Crippen molar-refractivity contribution < 1.29 is 13.2 Å². The first-order valence-electron chi connectivity index (χ1n) is 5.35. The summed E-state index contributed by atoms with van der Waals surface area (Å²) < 4.78 is 29.6. The van der Waals surface area contributed by atoms with Crippen LogP contribution in [-0.4, -0.2) is 22.1 Å².